The molecule has 0 aliphatic heterocycles. The molecule has 2 aromatic carbocycles. The first kappa shape index (κ1) is 11.9. The van der Waals surface area contributed by atoms with Gasteiger partial charge in [-0.25, -0.2) is 8.78 Å². The predicted octanol–water partition coefficient (Wildman–Crippen LogP) is 4.29. The van der Waals surface area contributed by atoms with Crippen LogP contribution in [0.25, 0.3) is 11.1 Å². The predicted molar refractivity (Wildman–Crippen MR) is 63.4 cm³/mol. The van der Waals surface area contributed by atoms with Crippen LogP contribution >= 0.6 is 11.6 Å². The maximum Gasteiger partial charge on any atom is 0.166 e. The number of halogens is 3. The van der Waals surface area contributed by atoms with Gasteiger partial charge in [0.1, 0.15) is 5.75 Å². The van der Waals surface area contributed by atoms with Crippen molar-refractivity contribution in [1.82, 2.24) is 0 Å². The average molecular weight is 255 g/mol. The Hall–Kier alpha value is -1.61. The van der Waals surface area contributed by atoms with Gasteiger partial charge in [-0.1, -0.05) is 29.8 Å². The molecule has 0 fully saturated rings. The molecule has 0 aromatic heterocycles. The molecule has 4 heteroatoms. The van der Waals surface area contributed by atoms with Gasteiger partial charge in [-0.2, -0.15) is 0 Å². The number of methoxy groups -OCH3 is 1. The molecule has 17 heavy (non-hydrogen) atoms. The molecular formula is C13H9ClF2O. The lowest BCUT2D eigenvalue weighted by molar-refractivity contribution is 0.415. The third-order valence-electron chi connectivity index (χ3n) is 2.41. The third-order valence-corrected chi connectivity index (χ3v) is 2.71. The maximum atomic E-state index is 13.6. The minimum Gasteiger partial charge on any atom is -0.495 e. The highest BCUT2D eigenvalue weighted by Crippen LogP contribution is 2.31. The van der Waals surface area contributed by atoms with Gasteiger partial charge in [0.2, 0.25) is 0 Å². The Balaban J connectivity index is 2.54. The summed E-state index contributed by atoms with van der Waals surface area (Å²) in [4.78, 5) is 0. The molecule has 0 N–H and O–H groups in total. The van der Waals surface area contributed by atoms with Crippen molar-refractivity contribution in [3.05, 3.63) is 53.1 Å². The van der Waals surface area contributed by atoms with Crippen LogP contribution in [0.2, 0.25) is 5.02 Å². The van der Waals surface area contributed by atoms with Gasteiger partial charge in [-0.15, -0.1) is 0 Å². The SMILES string of the molecule is COc1ccc(-c2cccc(F)c2F)cc1Cl. The molecule has 2 aromatic rings. The molecule has 0 amide bonds. The normalized spacial score (nSPS) is 10.4. The van der Waals surface area contributed by atoms with Crippen LogP contribution in [0.15, 0.2) is 36.4 Å². The van der Waals surface area contributed by atoms with Crippen molar-refractivity contribution in [2.24, 2.45) is 0 Å². The molecule has 0 saturated carbocycles. The summed E-state index contributed by atoms with van der Waals surface area (Å²) in [7, 11) is 1.49. The van der Waals surface area contributed by atoms with Crippen molar-refractivity contribution in [1.29, 1.82) is 0 Å². The van der Waals surface area contributed by atoms with Crippen molar-refractivity contribution < 1.29 is 13.5 Å². The Morgan fingerprint density at radius 2 is 1.88 bits per heavy atom. The Morgan fingerprint density at radius 3 is 2.53 bits per heavy atom. The number of hydrogen-bond donors (Lipinski definition) is 0. The molecule has 0 aliphatic carbocycles. The lowest BCUT2D eigenvalue weighted by Gasteiger charge is -2.07. The zero-order valence-electron chi connectivity index (χ0n) is 9.01. The molecule has 0 aliphatic rings. The van der Waals surface area contributed by atoms with Crippen molar-refractivity contribution in [3.63, 3.8) is 0 Å². The minimum atomic E-state index is -0.881. The van der Waals surface area contributed by atoms with Crippen LogP contribution in [0.5, 0.6) is 5.75 Å². The Labute approximate surface area is 103 Å². The van der Waals surface area contributed by atoms with Gasteiger partial charge >= 0.3 is 0 Å². The molecule has 0 radical (unpaired) electrons. The van der Waals surface area contributed by atoms with Crippen LogP contribution in [0.4, 0.5) is 8.78 Å². The summed E-state index contributed by atoms with van der Waals surface area (Å²) in [6, 6.07) is 8.80. The van der Waals surface area contributed by atoms with E-state index < -0.39 is 11.6 Å². The van der Waals surface area contributed by atoms with E-state index >= 15 is 0 Å². The highest BCUT2D eigenvalue weighted by molar-refractivity contribution is 6.32. The fraction of sp³-hybridized carbons (Fsp3) is 0.0769. The van der Waals surface area contributed by atoms with E-state index in [9.17, 15) is 8.78 Å². The van der Waals surface area contributed by atoms with E-state index in [0.717, 1.165) is 6.07 Å². The zero-order valence-corrected chi connectivity index (χ0v) is 9.76. The first-order chi connectivity index (χ1) is 8.13. The van der Waals surface area contributed by atoms with Crippen molar-refractivity contribution in [3.8, 4) is 16.9 Å². The van der Waals surface area contributed by atoms with E-state index in [-0.39, 0.29) is 5.56 Å². The summed E-state index contributed by atoms with van der Waals surface area (Å²) in [6.45, 7) is 0. The second-order valence-electron chi connectivity index (χ2n) is 3.45. The van der Waals surface area contributed by atoms with Gasteiger partial charge in [0.25, 0.3) is 0 Å². The molecule has 88 valence electrons. The van der Waals surface area contributed by atoms with E-state index in [1.165, 1.54) is 25.3 Å². The van der Waals surface area contributed by atoms with Crippen molar-refractivity contribution in [2.45, 2.75) is 0 Å². The van der Waals surface area contributed by atoms with Crippen LogP contribution in [0, 0.1) is 11.6 Å². The second kappa shape index (κ2) is 4.72. The maximum absolute atomic E-state index is 13.6. The topological polar surface area (TPSA) is 9.23 Å². The van der Waals surface area contributed by atoms with Crippen molar-refractivity contribution >= 4 is 11.6 Å². The number of benzene rings is 2. The fourth-order valence-corrected chi connectivity index (χ4v) is 1.82. The van der Waals surface area contributed by atoms with E-state index in [4.69, 9.17) is 16.3 Å². The van der Waals surface area contributed by atoms with Gasteiger partial charge in [0.15, 0.2) is 11.6 Å². The summed E-state index contributed by atoms with van der Waals surface area (Å²) >= 11 is 5.93. The number of ether oxygens (including phenoxy) is 1. The van der Waals surface area contributed by atoms with Crippen LogP contribution in [0.3, 0.4) is 0 Å². The largest absolute Gasteiger partial charge is 0.495 e. The van der Waals surface area contributed by atoms with Crippen LogP contribution in [-0.2, 0) is 0 Å². The molecular weight excluding hydrogens is 246 g/mol. The Bertz CT molecular complexity index is 555. The van der Waals surface area contributed by atoms with E-state index in [1.807, 2.05) is 0 Å². The van der Waals surface area contributed by atoms with E-state index in [2.05, 4.69) is 0 Å². The van der Waals surface area contributed by atoms with Crippen molar-refractivity contribution in [2.75, 3.05) is 7.11 Å². The number of hydrogen-bond acceptors (Lipinski definition) is 1. The summed E-state index contributed by atoms with van der Waals surface area (Å²) in [5.74, 6) is -1.27. The van der Waals surface area contributed by atoms with Gasteiger partial charge in [-0.05, 0) is 23.8 Å². The standard InChI is InChI=1S/C13H9ClF2O/c1-17-12-6-5-8(7-10(12)14)9-3-2-4-11(15)13(9)16/h2-7H,1H3. The van der Waals surface area contributed by atoms with Gasteiger partial charge in [0, 0.05) is 5.56 Å². The lowest BCUT2D eigenvalue weighted by Crippen LogP contribution is -1.90. The summed E-state index contributed by atoms with van der Waals surface area (Å²) in [5.41, 5.74) is 0.683. The molecule has 0 atom stereocenters. The fourth-order valence-electron chi connectivity index (χ4n) is 1.56. The third kappa shape index (κ3) is 2.24. The first-order valence-electron chi connectivity index (χ1n) is 4.91. The molecule has 0 heterocycles. The molecule has 2 rings (SSSR count). The van der Waals surface area contributed by atoms with Gasteiger partial charge in [-0.3, -0.25) is 0 Å². The highest BCUT2D eigenvalue weighted by atomic mass is 35.5. The monoisotopic (exact) mass is 254 g/mol. The van der Waals surface area contributed by atoms with E-state index in [0.29, 0.717) is 16.3 Å². The quantitative estimate of drug-likeness (QED) is 0.777. The summed E-state index contributed by atoms with van der Waals surface area (Å²) in [6.07, 6.45) is 0. The van der Waals surface area contributed by atoms with Crippen LogP contribution < -0.4 is 4.74 Å². The van der Waals surface area contributed by atoms with Gasteiger partial charge in [0.05, 0.1) is 12.1 Å². The van der Waals surface area contributed by atoms with E-state index in [1.54, 1.807) is 12.1 Å². The smallest absolute Gasteiger partial charge is 0.166 e. The molecule has 1 nitrogen and oxygen atoms in total. The Morgan fingerprint density at radius 1 is 1.12 bits per heavy atom. The molecule has 0 bridgehead atoms. The lowest BCUT2D eigenvalue weighted by atomic mass is 10.0. The molecule has 0 saturated heterocycles. The zero-order chi connectivity index (χ0) is 12.4. The second-order valence-corrected chi connectivity index (χ2v) is 3.86. The Kier molecular flexibility index (Phi) is 3.29. The van der Waals surface area contributed by atoms with Gasteiger partial charge < -0.3 is 4.74 Å². The first-order valence-corrected chi connectivity index (χ1v) is 5.29. The molecule has 0 unspecified atom stereocenters. The van der Waals surface area contributed by atoms with Crippen LogP contribution in [0.1, 0.15) is 0 Å². The molecule has 0 spiro atoms. The highest BCUT2D eigenvalue weighted by Gasteiger charge is 2.11. The average Bonchev–Trinajstić information content (AvgIpc) is 2.32. The minimum absolute atomic E-state index is 0.176. The van der Waals surface area contributed by atoms with Crippen LogP contribution in [-0.4, -0.2) is 7.11 Å². The summed E-state index contributed by atoms with van der Waals surface area (Å²) < 4.78 is 31.6. The number of rotatable bonds is 2. The summed E-state index contributed by atoms with van der Waals surface area (Å²) in [5, 5.41) is 0.355.